The summed E-state index contributed by atoms with van der Waals surface area (Å²) in [5.74, 6) is 1.51. The van der Waals surface area contributed by atoms with Gasteiger partial charge in [-0.1, -0.05) is 0 Å². The molecule has 0 spiro atoms. The van der Waals surface area contributed by atoms with E-state index in [1.54, 1.807) is 0 Å². The Morgan fingerprint density at radius 2 is 2.00 bits per heavy atom. The third kappa shape index (κ3) is 3.52. The SMILES string of the molecule is CC(C)(C)OC(=O)NC1(c2ccc(-c3ncc(C4CC4)[nH]3)cn2)CC1. The topological polar surface area (TPSA) is 79.9 Å². The van der Waals surface area contributed by atoms with Crippen LogP contribution in [0.2, 0.25) is 0 Å². The van der Waals surface area contributed by atoms with Crippen molar-refractivity contribution in [1.82, 2.24) is 20.3 Å². The van der Waals surface area contributed by atoms with Crippen LogP contribution in [0.4, 0.5) is 4.79 Å². The lowest BCUT2D eigenvalue weighted by molar-refractivity contribution is 0.0494. The van der Waals surface area contributed by atoms with E-state index in [1.165, 1.54) is 18.5 Å². The molecule has 2 saturated carbocycles. The number of rotatable bonds is 4. The van der Waals surface area contributed by atoms with Gasteiger partial charge in [0.25, 0.3) is 0 Å². The van der Waals surface area contributed by atoms with E-state index in [0.717, 1.165) is 29.9 Å². The standard InChI is InChI=1S/C19H24N4O2/c1-18(2,3)25-17(24)23-19(8-9-19)15-7-6-13(10-20-15)16-21-11-14(22-16)12-4-5-12/h6-7,10-12H,4-5,8-9H2,1-3H3,(H,21,22)(H,23,24). The smallest absolute Gasteiger partial charge is 0.408 e. The molecule has 2 N–H and O–H groups in total. The summed E-state index contributed by atoms with van der Waals surface area (Å²) in [7, 11) is 0. The Balaban J connectivity index is 1.46. The zero-order valence-electron chi connectivity index (χ0n) is 14.9. The number of imidazole rings is 1. The van der Waals surface area contributed by atoms with Crippen molar-refractivity contribution in [3.05, 3.63) is 35.9 Å². The first-order chi connectivity index (χ1) is 11.8. The van der Waals surface area contributed by atoms with E-state index in [9.17, 15) is 4.79 Å². The number of hydrogen-bond donors (Lipinski definition) is 2. The Bertz CT molecular complexity index is 781. The molecule has 0 atom stereocenters. The van der Waals surface area contributed by atoms with Gasteiger partial charge < -0.3 is 15.0 Å². The van der Waals surface area contributed by atoms with Crippen molar-refractivity contribution < 1.29 is 9.53 Å². The molecule has 2 fully saturated rings. The molecule has 0 aliphatic heterocycles. The summed E-state index contributed by atoms with van der Waals surface area (Å²) in [4.78, 5) is 24.5. The van der Waals surface area contributed by atoms with Crippen molar-refractivity contribution in [3.63, 3.8) is 0 Å². The summed E-state index contributed by atoms with van der Waals surface area (Å²) >= 11 is 0. The molecule has 2 aromatic heterocycles. The van der Waals surface area contributed by atoms with Gasteiger partial charge in [-0.3, -0.25) is 4.98 Å². The number of hydrogen-bond acceptors (Lipinski definition) is 4. The average Bonchev–Trinajstić information content (AvgIpc) is 3.46. The van der Waals surface area contributed by atoms with Crippen LogP contribution < -0.4 is 5.32 Å². The van der Waals surface area contributed by atoms with E-state index in [2.05, 4.69) is 20.3 Å². The number of carbonyl (C=O) groups is 1. The lowest BCUT2D eigenvalue weighted by atomic mass is 10.1. The molecule has 1 amide bonds. The van der Waals surface area contributed by atoms with Crippen molar-refractivity contribution in [3.8, 4) is 11.4 Å². The zero-order chi connectivity index (χ0) is 17.7. The molecule has 2 aliphatic rings. The highest BCUT2D eigenvalue weighted by molar-refractivity contribution is 5.70. The Labute approximate surface area is 147 Å². The molecule has 0 radical (unpaired) electrons. The summed E-state index contributed by atoms with van der Waals surface area (Å²) < 4.78 is 5.37. The quantitative estimate of drug-likeness (QED) is 0.885. The summed E-state index contributed by atoms with van der Waals surface area (Å²) in [6.45, 7) is 5.58. The first kappa shape index (κ1) is 16.1. The van der Waals surface area contributed by atoms with E-state index < -0.39 is 11.7 Å². The lowest BCUT2D eigenvalue weighted by Crippen LogP contribution is -2.39. The maximum atomic E-state index is 12.1. The van der Waals surface area contributed by atoms with Gasteiger partial charge in [0.1, 0.15) is 11.4 Å². The van der Waals surface area contributed by atoms with Crippen LogP contribution in [-0.2, 0) is 10.3 Å². The number of aromatic amines is 1. The lowest BCUT2D eigenvalue weighted by Gasteiger charge is -2.23. The molecule has 25 heavy (non-hydrogen) atoms. The summed E-state index contributed by atoms with van der Waals surface area (Å²) in [5.41, 5.74) is 2.16. The molecule has 4 rings (SSSR count). The van der Waals surface area contributed by atoms with Gasteiger partial charge in [0.05, 0.1) is 11.2 Å². The fourth-order valence-corrected chi connectivity index (χ4v) is 2.97. The van der Waals surface area contributed by atoms with Crippen molar-refractivity contribution in [2.24, 2.45) is 0 Å². The van der Waals surface area contributed by atoms with Gasteiger partial charge in [-0.25, -0.2) is 9.78 Å². The number of aromatic nitrogens is 3. The second-order valence-corrected chi connectivity index (χ2v) is 8.10. The number of ether oxygens (including phenoxy) is 1. The fourth-order valence-electron chi connectivity index (χ4n) is 2.97. The van der Waals surface area contributed by atoms with Crippen LogP contribution in [0.15, 0.2) is 24.5 Å². The molecule has 0 saturated heterocycles. The summed E-state index contributed by atoms with van der Waals surface area (Å²) in [6, 6.07) is 3.98. The summed E-state index contributed by atoms with van der Waals surface area (Å²) in [5, 5.41) is 2.98. The molecule has 0 unspecified atom stereocenters. The van der Waals surface area contributed by atoms with Gasteiger partial charge in [-0.2, -0.15) is 0 Å². The van der Waals surface area contributed by atoms with Crippen LogP contribution in [0.3, 0.4) is 0 Å². The largest absolute Gasteiger partial charge is 0.444 e. The maximum Gasteiger partial charge on any atom is 0.408 e. The van der Waals surface area contributed by atoms with E-state index in [-0.39, 0.29) is 5.54 Å². The van der Waals surface area contributed by atoms with Crippen molar-refractivity contribution in [2.45, 2.75) is 63.5 Å². The third-order valence-corrected chi connectivity index (χ3v) is 4.63. The second-order valence-electron chi connectivity index (χ2n) is 8.10. The molecule has 2 heterocycles. The molecular weight excluding hydrogens is 316 g/mol. The van der Waals surface area contributed by atoms with Crippen LogP contribution in [0.5, 0.6) is 0 Å². The Kier molecular flexibility index (Phi) is 3.60. The van der Waals surface area contributed by atoms with E-state index in [1.807, 2.05) is 45.3 Å². The number of amides is 1. The van der Waals surface area contributed by atoms with E-state index in [0.29, 0.717) is 5.92 Å². The average molecular weight is 340 g/mol. The highest BCUT2D eigenvalue weighted by Gasteiger charge is 2.47. The van der Waals surface area contributed by atoms with Gasteiger partial charge in [-0.05, 0) is 58.6 Å². The minimum Gasteiger partial charge on any atom is -0.444 e. The van der Waals surface area contributed by atoms with E-state index in [4.69, 9.17) is 4.74 Å². The van der Waals surface area contributed by atoms with E-state index >= 15 is 0 Å². The number of nitrogens with zero attached hydrogens (tertiary/aromatic N) is 2. The first-order valence-corrected chi connectivity index (χ1v) is 8.88. The van der Waals surface area contributed by atoms with Gasteiger partial charge in [0.15, 0.2) is 0 Å². The highest BCUT2D eigenvalue weighted by Crippen LogP contribution is 2.45. The van der Waals surface area contributed by atoms with Crippen molar-refractivity contribution in [2.75, 3.05) is 0 Å². The normalized spacial score (nSPS) is 18.7. The number of carbonyl (C=O) groups excluding carboxylic acids is 1. The van der Waals surface area contributed by atoms with Gasteiger partial charge in [0.2, 0.25) is 0 Å². The van der Waals surface area contributed by atoms with Gasteiger partial charge in [0, 0.05) is 29.6 Å². The van der Waals surface area contributed by atoms with Crippen LogP contribution >= 0.6 is 0 Å². The molecule has 6 heteroatoms. The molecule has 132 valence electrons. The number of H-pyrrole nitrogens is 1. The van der Waals surface area contributed by atoms with Crippen molar-refractivity contribution in [1.29, 1.82) is 0 Å². The molecular formula is C19H24N4O2. The zero-order valence-corrected chi connectivity index (χ0v) is 14.9. The van der Waals surface area contributed by atoms with Crippen LogP contribution in [0.1, 0.15) is 63.8 Å². The van der Waals surface area contributed by atoms with Crippen LogP contribution in [0, 0.1) is 0 Å². The second kappa shape index (κ2) is 5.58. The summed E-state index contributed by atoms with van der Waals surface area (Å²) in [6.07, 6.45) is 7.61. The Morgan fingerprint density at radius 1 is 1.24 bits per heavy atom. The minimum absolute atomic E-state index is 0.386. The third-order valence-electron chi connectivity index (χ3n) is 4.63. The fraction of sp³-hybridized carbons (Fsp3) is 0.526. The number of alkyl carbamates (subject to hydrolysis) is 1. The van der Waals surface area contributed by atoms with Crippen LogP contribution in [-0.4, -0.2) is 26.6 Å². The molecule has 2 aromatic rings. The van der Waals surface area contributed by atoms with Gasteiger partial charge >= 0.3 is 6.09 Å². The van der Waals surface area contributed by atoms with Crippen molar-refractivity contribution >= 4 is 6.09 Å². The monoisotopic (exact) mass is 340 g/mol. The maximum absolute atomic E-state index is 12.1. The van der Waals surface area contributed by atoms with Crippen LogP contribution in [0.25, 0.3) is 11.4 Å². The Morgan fingerprint density at radius 3 is 2.56 bits per heavy atom. The molecule has 0 aromatic carbocycles. The molecule has 2 aliphatic carbocycles. The highest BCUT2D eigenvalue weighted by atomic mass is 16.6. The minimum atomic E-state index is -0.504. The molecule has 6 nitrogen and oxygen atoms in total. The van der Waals surface area contributed by atoms with Gasteiger partial charge in [-0.15, -0.1) is 0 Å². The first-order valence-electron chi connectivity index (χ1n) is 8.88. The number of nitrogens with one attached hydrogen (secondary N) is 2. The number of pyridine rings is 1. The Hall–Kier alpha value is -2.37. The molecule has 0 bridgehead atoms. The predicted molar refractivity (Wildman–Crippen MR) is 94.1 cm³/mol. The predicted octanol–water partition coefficient (Wildman–Crippen LogP) is 3.86.